The fourth-order valence-electron chi connectivity index (χ4n) is 7.06. The summed E-state index contributed by atoms with van der Waals surface area (Å²) in [7, 11) is 0. The van der Waals surface area contributed by atoms with Gasteiger partial charge in [-0.15, -0.1) is 35.4 Å². The van der Waals surface area contributed by atoms with Gasteiger partial charge in [0.25, 0.3) is 0 Å². The van der Waals surface area contributed by atoms with Crippen molar-refractivity contribution in [2.24, 2.45) is 0 Å². The molecule has 0 unspecified atom stereocenters. The van der Waals surface area contributed by atoms with E-state index in [4.69, 9.17) is 9.97 Å². The second-order valence-corrected chi connectivity index (χ2v) is 15.6. The molecule has 0 saturated heterocycles. The van der Waals surface area contributed by atoms with E-state index in [9.17, 15) is 5.11 Å². The number of para-hydroxylation sites is 2. The van der Waals surface area contributed by atoms with Gasteiger partial charge in [0.2, 0.25) is 0 Å². The Balaban J connectivity index is 0.00000435. The van der Waals surface area contributed by atoms with Crippen molar-refractivity contribution in [3.63, 3.8) is 0 Å². The molecule has 5 heteroatoms. The minimum atomic E-state index is -0.0994. The summed E-state index contributed by atoms with van der Waals surface area (Å²) in [5.74, 6) is 0.887. The molecular weight excluding hydrogens is 830 g/mol. The molecule has 0 amide bonds. The molecule has 266 valence electrons. The largest absolute Gasteiger partial charge is 0.507 e. The zero-order valence-electron chi connectivity index (χ0n) is 30.9. The molecule has 0 aliphatic carbocycles. The van der Waals surface area contributed by atoms with Crippen LogP contribution in [0.5, 0.6) is 5.75 Å². The smallest absolute Gasteiger partial charge is 0.148 e. The van der Waals surface area contributed by atoms with E-state index >= 15 is 0 Å². The Morgan fingerprint density at radius 2 is 1.21 bits per heavy atom. The number of phenols is 1. The molecule has 53 heavy (non-hydrogen) atoms. The predicted molar refractivity (Wildman–Crippen MR) is 216 cm³/mol. The first-order chi connectivity index (χ1) is 25.0. The monoisotopic (exact) mass is 871 g/mol. The molecule has 0 fully saturated rings. The zero-order valence-corrected chi connectivity index (χ0v) is 33.2. The molecule has 2 heterocycles. The van der Waals surface area contributed by atoms with E-state index in [1.54, 1.807) is 6.07 Å². The van der Waals surface area contributed by atoms with Crippen LogP contribution in [0.4, 0.5) is 0 Å². The number of phenolic OH excluding ortho intramolecular Hbond substituents is 1. The first kappa shape index (κ1) is 36.1. The molecule has 2 aromatic heterocycles. The number of nitrogens with zero attached hydrogens (tertiary/aromatic N) is 3. The Bertz CT molecular complexity index is 2590. The Morgan fingerprint density at radius 3 is 1.91 bits per heavy atom. The van der Waals surface area contributed by atoms with Gasteiger partial charge in [0.1, 0.15) is 11.6 Å². The maximum atomic E-state index is 11.3. The molecule has 0 saturated carbocycles. The Hall–Kier alpha value is -5.31. The molecule has 4 nitrogen and oxygen atoms in total. The van der Waals surface area contributed by atoms with Gasteiger partial charge in [-0.1, -0.05) is 125 Å². The Labute approximate surface area is 326 Å². The van der Waals surface area contributed by atoms with Gasteiger partial charge in [0, 0.05) is 43.9 Å². The van der Waals surface area contributed by atoms with Crippen LogP contribution in [0.15, 0.2) is 140 Å². The molecule has 0 spiro atoms. The van der Waals surface area contributed by atoms with Gasteiger partial charge in [0.15, 0.2) is 0 Å². The average Bonchev–Trinajstić information content (AvgIpc) is 3.54. The summed E-state index contributed by atoms with van der Waals surface area (Å²) in [4.78, 5) is 10.3. The molecule has 0 bridgehead atoms. The standard InChI is InChI=1S/C48H42N3O.Pt/c1-47(2,3)34-23-24-43(52)41(28-34)46-50-45-38(21-14-22-42(45)51(46)36-19-11-8-12-20-36)32-17-13-18-33(27-32)39-29-35(48(4,5)6)30-40-37(25-26-49-44(39)40)31-15-9-7-10-16-31;/h7-26,28-30,52H,1-6H3;/q-1;. The average molecular weight is 872 g/mol. The number of hydrogen-bond acceptors (Lipinski definition) is 3. The molecule has 8 aromatic rings. The Morgan fingerprint density at radius 1 is 0.566 bits per heavy atom. The second-order valence-electron chi connectivity index (χ2n) is 15.6. The molecule has 6 aromatic carbocycles. The van der Waals surface area contributed by atoms with Crippen molar-refractivity contribution >= 4 is 21.9 Å². The van der Waals surface area contributed by atoms with E-state index in [0.29, 0.717) is 11.4 Å². The van der Waals surface area contributed by atoms with Crippen molar-refractivity contribution in [3.05, 3.63) is 157 Å². The van der Waals surface area contributed by atoms with Crippen molar-refractivity contribution in [1.82, 2.24) is 14.5 Å². The van der Waals surface area contributed by atoms with Gasteiger partial charge < -0.3 is 5.11 Å². The molecule has 1 N–H and O–H groups in total. The number of fused-ring (bicyclic) bond motifs is 2. The van der Waals surface area contributed by atoms with Crippen molar-refractivity contribution in [2.75, 3.05) is 0 Å². The fraction of sp³-hybridized carbons (Fsp3) is 0.167. The summed E-state index contributed by atoms with van der Waals surface area (Å²) in [5.41, 5.74) is 12.9. The van der Waals surface area contributed by atoms with Crippen LogP contribution in [-0.2, 0) is 31.9 Å². The van der Waals surface area contributed by atoms with Crippen LogP contribution in [0, 0.1) is 6.07 Å². The minimum Gasteiger partial charge on any atom is -0.507 e. The summed E-state index contributed by atoms with van der Waals surface area (Å²) in [6.07, 6.45) is 1.91. The number of rotatable bonds is 5. The number of imidazole rings is 1. The zero-order chi connectivity index (χ0) is 36.2. The number of pyridine rings is 1. The SMILES string of the molecule is CC(C)(C)c1ccc(O)c(-c2nc3c(-c4[c-]c(-c5cc(C(C)(C)C)cc6c(-c7ccccc7)ccnc56)ccc4)cccc3n2-c2ccccc2)c1.[Pt]. The number of benzene rings is 6. The summed E-state index contributed by atoms with van der Waals surface area (Å²) in [5, 5.41) is 12.4. The number of aromatic hydroxyl groups is 1. The molecule has 0 radical (unpaired) electrons. The molecule has 0 atom stereocenters. The van der Waals surface area contributed by atoms with Gasteiger partial charge in [-0.2, -0.15) is 0 Å². The van der Waals surface area contributed by atoms with Gasteiger partial charge >= 0.3 is 0 Å². The van der Waals surface area contributed by atoms with Gasteiger partial charge in [-0.25, -0.2) is 4.98 Å². The summed E-state index contributed by atoms with van der Waals surface area (Å²) >= 11 is 0. The third-order valence-corrected chi connectivity index (χ3v) is 9.97. The maximum Gasteiger partial charge on any atom is 0.148 e. The van der Waals surface area contributed by atoms with Crippen LogP contribution in [0.3, 0.4) is 0 Å². The summed E-state index contributed by atoms with van der Waals surface area (Å²) in [6, 6.07) is 49.8. The van der Waals surface area contributed by atoms with Crippen molar-refractivity contribution < 1.29 is 26.2 Å². The molecule has 0 aliphatic rings. The van der Waals surface area contributed by atoms with Crippen molar-refractivity contribution in [1.29, 1.82) is 0 Å². The predicted octanol–water partition coefficient (Wildman–Crippen LogP) is 12.3. The van der Waals surface area contributed by atoms with Crippen LogP contribution in [0.2, 0.25) is 0 Å². The van der Waals surface area contributed by atoms with Crippen LogP contribution in [0.25, 0.3) is 72.4 Å². The van der Waals surface area contributed by atoms with Crippen LogP contribution in [0.1, 0.15) is 52.7 Å². The van der Waals surface area contributed by atoms with E-state index in [1.165, 1.54) is 11.1 Å². The van der Waals surface area contributed by atoms with Crippen LogP contribution in [-0.4, -0.2) is 19.6 Å². The van der Waals surface area contributed by atoms with E-state index in [0.717, 1.165) is 61.0 Å². The third-order valence-electron chi connectivity index (χ3n) is 9.97. The fourth-order valence-corrected chi connectivity index (χ4v) is 7.06. The topological polar surface area (TPSA) is 50.9 Å². The normalized spacial score (nSPS) is 11.9. The van der Waals surface area contributed by atoms with E-state index in [2.05, 4.69) is 155 Å². The number of aromatic nitrogens is 3. The molecule has 0 aliphatic heterocycles. The van der Waals surface area contributed by atoms with Crippen molar-refractivity contribution in [3.8, 4) is 56.2 Å². The second kappa shape index (κ2) is 13.9. The van der Waals surface area contributed by atoms with E-state index in [1.807, 2.05) is 30.5 Å². The van der Waals surface area contributed by atoms with Crippen molar-refractivity contribution in [2.45, 2.75) is 52.4 Å². The van der Waals surface area contributed by atoms with E-state index in [-0.39, 0.29) is 37.6 Å². The molecule has 8 rings (SSSR count). The molecular formula is C48H42N3OPt-. The van der Waals surface area contributed by atoms with Crippen LogP contribution < -0.4 is 0 Å². The summed E-state index contributed by atoms with van der Waals surface area (Å²) < 4.78 is 2.15. The quantitative estimate of drug-likeness (QED) is 0.175. The first-order valence-corrected chi connectivity index (χ1v) is 17.9. The Kier molecular flexibility index (Phi) is 9.47. The van der Waals surface area contributed by atoms with Crippen LogP contribution >= 0.6 is 0 Å². The minimum absolute atomic E-state index is 0. The van der Waals surface area contributed by atoms with Gasteiger partial charge in [-0.05, 0) is 75.5 Å². The maximum absolute atomic E-state index is 11.3. The summed E-state index contributed by atoms with van der Waals surface area (Å²) in [6.45, 7) is 13.3. The van der Waals surface area contributed by atoms with Gasteiger partial charge in [-0.3, -0.25) is 9.55 Å². The first-order valence-electron chi connectivity index (χ1n) is 17.9. The van der Waals surface area contributed by atoms with E-state index < -0.39 is 0 Å². The number of hydrogen-bond donors (Lipinski definition) is 1. The third kappa shape index (κ3) is 6.73. The van der Waals surface area contributed by atoms with Gasteiger partial charge in [0.05, 0.1) is 16.6 Å².